The number of aryl methyl sites for hydroxylation is 1. The lowest BCUT2D eigenvalue weighted by Gasteiger charge is -2.04. The fourth-order valence-electron chi connectivity index (χ4n) is 2.04. The van der Waals surface area contributed by atoms with Gasteiger partial charge in [-0.05, 0) is 6.07 Å². The van der Waals surface area contributed by atoms with Crippen LogP contribution >= 0.6 is 11.3 Å². The van der Waals surface area contributed by atoms with Gasteiger partial charge in [0.05, 0.1) is 0 Å². The number of hydrogen-bond donors (Lipinski definition) is 0. The maximum Gasteiger partial charge on any atom is 0.259 e. The van der Waals surface area contributed by atoms with E-state index in [1.807, 2.05) is 43.3 Å². The van der Waals surface area contributed by atoms with E-state index in [1.165, 1.54) is 11.3 Å². The number of benzene rings is 1. The number of fused-ring (bicyclic) bond motifs is 3. The van der Waals surface area contributed by atoms with E-state index < -0.39 is 0 Å². The molecular formula is C13H13N3OS. The second-order valence-corrected chi connectivity index (χ2v) is 5.41. The standard InChI is InChI=1S/C13H13N3OS/c1-15(2)13-14-10-8-6-4-5-7-9(8)11(17)16(3)12(10)18-13/h4-7H,1-3H3. The van der Waals surface area contributed by atoms with Crippen LogP contribution in [-0.4, -0.2) is 23.6 Å². The predicted octanol–water partition coefficient (Wildman–Crippen LogP) is 2.21. The molecule has 0 radical (unpaired) electrons. The zero-order chi connectivity index (χ0) is 12.9. The van der Waals surface area contributed by atoms with Gasteiger partial charge in [0.25, 0.3) is 5.56 Å². The summed E-state index contributed by atoms with van der Waals surface area (Å²) in [7, 11) is 5.71. The summed E-state index contributed by atoms with van der Waals surface area (Å²) in [6, 6.07) is 7.63. The number of hydrogen-bond acceptors (Lipinski definition) is 4. The molecule has 0 aliphatic carbocycles. The molecule has 18 heavy (non-hydrogen) atoms. The lowest BCUT2D eigenvalue weighted by atomic mass is 10.1. The van der Waals surface area contributed by atoms with Gasteiger partial charge in [-0.2, -0.15) is 0 Å². The van der Waals surface area contributed by atoms with E-state index in [2.05, 4.69) is 4.98 Å². The Morgan fingerprint density at radius 3 is 2.56 bits per heavy atom. The van der Waals surface area contributed by atoms with Gasteiger partial charge in [-0.1, -0.05) is 29.5 Å². The summed E-state index contributed by atoms with van der Waals surface area (Å²) in [4.78, 5) is 19.8. The van der Waals surface area contributed by atoms with Gasteiger partial charge < -0.3 is 9.47 Å². The first-order valence-electron chi connectivity index (χ1n) is 5.65. The molecule has 0 amide bonds. The van der Waals surface area contributed by atoms with Crippen molar-refractivity contribution in [2.24, 2.45) is 7.05 Å². The van der Waals surface area contributed by atoms with Gasteiger partial charge >= 0.3 is 0 Å². The van der Waals surface area contributed by atoms with Crippen molar-refractivity contribution in [3.63, 3.8) is 0 Å². The summed E-state index contributed by atoms with van der Waals surface area (Å²) in [5.41, 5.74) is 0.938. The highest BCUT2D eigenvalue weighted by atomic mass is 32.1. The van der Waals surface area contributed by atoms with Crippen LogP contribution in [0.25, 0.3) is 21.1 Å². The molecule has 0 saturated heterocycles. The van der Waals surface area contributed by atoms with E-state index in [-0.39, 0.29) is 5.56 Å². The quantitative estimate of drug-likeness (QED) is 0.672. The first kappa shape index (κ1) is 11.2. The fraction of sp³-hybridized carbons (Fsp3) is 0.231. The first-order valence-corrected chi connectivity index (χ1v) is 6.47. The minimum Gasteiger partial charge on any atom is -0.354 e. The van der Waals surface area contributed by atoms with E-state index >= 15 is 0 Å². The van der Waals surface area contributed by atoms with Crippen LogP contribution < -0.4 is 10.5 Å². The largest absolute Gasteiger partial charge is 0.354 e. The number of aromatic nitrogens is 2. The molecule has 0 saturated carbocycles. The van der Waals surface area contributed by atoms with Crippen molar-refractivity contribution >= 4 is 37.6 Å². The van der Waals surface area contributed by atoms with Crippen LogP contribution in [0.3, 0.4) is 0 Å². The van der Waals surface area contributed by atoms with Gasteiger partial charge in [-0.3, -0.25) is 4.79 Å². The van der Waals surface area contributed by atoms with Crippen LogP contribution in [0.2, 0.25) is 0 Å². The molecule has 0 N–H and O–H groups in total. The molecule has 0 atom stereocenters. The molecule has 3 aromatic rings. The molecule has 5 heteroatoms. The van der Waals surface area contributed by atoms with Gasteiger partial charge in [-0.25, -0.2) is 4.98 Å². The number of pyridine rings is 1. The summed E-state index contributed by atoms with van der Waals surface area (Å²) >= 11 is 1.54. The molecule has 4 nitrogen and oxygen atoms in total. The Morgan fingerprint density at radius 2 is 1.89 bits per heavy atom. The van der Waals surface area contributed by atoms with Crippen molar-refractivity contribution in [2.45, 2.75) is 0 Å². The van der Waals surface area contributed by atoms with Crippen molar-refractivity contribution in [1.82, 2.24) is 9.55 Å². The third kappa shape index (κ3) is 1.44. The molecule has 2 heterocycles. The maximum atomic E-state index is 12.2. The number of anilines is 1. The first-order chi connectivity index (χ1) is 8.59. The second-order valence-electron chi connectivity index (χ2n) is 4.45. The van der Waals surface area contributed by atoms with Crippen LogP contribution in [0.15, 0.2) is 29.1 Å². The van der Waals surface area contributed by atoms with E-state index in [1.54, 1.807) is 11.6 Å². The maximum absolute atomic E-state index is 12.2. The Balaban J connectivity index is 2.57. The summed E-state index contributed by atoms with van der Waals surface area (Å²) in [6.07, 6.45) is 0. The summed E-state index contributed by atoms with van der Waals surface area (Å²) in [5.74, 6) is 0. The van der Waals surface area contributed by atoms with Crippen molar-refractivity contribution in [3.8, 4) is 0 Å². The van der Waals surface area contributed by atoms with Crippen molar-refractivity contribution in [3.05, 3.63) is 34.6 Å². The summed E-state index contributed by atoms with van der Waals surface area (Å²) < 4.78 is 1.68. The highest BCUT2D eigenvalue weighted by Gasteiger charge is 2.13. The zero-order valence-electron chi connectivity index (χ0n) is 10.5. The molecule has 0 unspecified atom stereocenters. The minimum atomic E-state index is 0.0343. The molecule has 0 fully saturated rings. The molecule has 3 rings (SSSR count). The van der Waals surface area contributed by atoms with E-state index in [4.69, 9.17) is 0 Å². The highest BCUT2D eigenvalue weighted by molar-refractivity contribution is 7.22. The number of thiazole rings is 1. The van der Waals surface area contributed by atoms with E-state index in [9.17, 15) is 4.79 Å². The van der Waals surface area contributed by atoms with Gasteiger partial charge in [0.15, 0.2) is 5.13 Å². The highest BCUT2D eigenvalue weighted by Crippen LogP contribution is 2.30. The normalized spacial score (nSPS) is 11.3. The van der Waals surface area contributed by atoms with Crippen LogP contribution in [0.4, 0.5) is 5.13 Å². The molecule has 92 valence electrons. The molecule has 2 aromatic heterocycles. The van der Waals surface area contributed by atoms with Crippen LogP contribution in [-0.2, 0) is 7.05 Å². The summed E-state index contributed by atoms with van der Waals surface area (Å²) in [5, 5.41) is 2.57. The fourth-order valence-corrected chi connectivity index (χ4v) is 3.01. The van der Waals surface area contributed by atoms with Crippen molar-refractivity contribution < 1.29 is 0 Å². The Morgan fingerprint density at radius 1 is 1.22 bits per heavy atom. The Kier molecular flexibility index (Phi) is 2.38. The molecule has 0 spiro atoms. The summed E-state index contributed by atoms with van der Waals surface area (Å²) in [6.45, 7) is 0. The minimum absolute atomic E-state index is 0.0343. The predicted molar refractivity (Wildman–Crippen MR) is 76.7 cm³/mol. The monoisotopic (exact) mass is 259 g/mol. The third-order valence-electron chi connectivity index (χ3n) is 3.00. The van der Waals surface area contributed by atoms with Crippen molar-refractivity contribution in [1.29, 1.82) is 0 Å². The van der Waals surface area contributed by atoms with Gasteiger partial charge in [0, 0.05) is 31.9 Å². The Hall–Kier alpha value is -1.88. The van der Waals surface area contributed by atoms with Gasteiger partial charge in [0.2, 0.25) is 0 Å². The average Bonchev–Trinajstić information content (AvgIpc) is 2.81. The van der Waals surface area contributed by atoms with E-state index in [0.717, 1.165) is 26.3 Å². The lowest BCUT2D eigenvalue weighted by molar-refractivity contribution is 0.926. The third-order valence-corrected chi connectivity index (χ3v) is 4.30. The molecule has 0 aliphatic rings. The second kappa shape index (κ2) is 3.81. The van der Waals surface area contributed by atoms with Crippen LogP contribution in [0.5, 0.6) is 0 Å². The number of nitrogens with zero attached hydrogens (tertiary/aromatic N) is 3. The SMILES string of the molecule is CN(C)c1nc2c3ccccc3c(=O)n(C)c2s1. The van der Waals surface area contributed by atoms with Crippen molar-refractivity contribution in [2.75, 3.05) is 19.0 Å². The lowest BCUT2D eigenvalue weighted by Crippen LogP contribution is -2.16. The zero-order valence-corrected chi connectivity index (χ0v) is 11.3. The molecule has 1 aromatic carbocycles. The van der Waals surface area contributed by atoms with Crippen LogP contribution in [0, 0.1) is 0 Å². The Labute approximate surface area is 108 Å². The topological polar surface area (TPSA) is 38.1 Å². The van der Waals surface area contributed by atoms with Gasteiger partial charge in [-0.15, -0.1) is 0 Å². The average molecular weight is 259 g/mol. The number of rotatable bonds is 1. The Bertz CT molecular complexity index is 801. The van der Waals surface area contributed by atoms with Crippen LogP contribution in [0.1, 0.15) is 0 Å². The molecule has 0 aliphatic heterocycles. The molecule has 0 bridgehead atoms. The van der Waals surface area contributed by atoms with Gasteiger partial charge in [0.1, 0.15) is 10.3 Å². The van der Waals surface area contributed by atoms with E-state index in [0.29, 0.717) is 0 Å². The molecular weight excluding hydrogens is 246 g/mol. The smallest absolute Gasteiger partial charge is 0.259 e.